The molecule has 0 aromatic carbocycles. The molecule has 2 unspecified atom stereocenters. The SMILES string of the molecule is COCc1csc(C2(N)CCCC(C)C2)n1. The average molecular weight is 240 g/mol. The van der Waals surface area contributed by atoms with Crippen molar-refractivity contribution in [3.63, 3.8) is 0 Å². The Bertz CT molecular complexity index is 353. The molecule has 1 heterocycles. The summed E-state index contributed by atoms with van der Waals surface area (Å²) in [6, 6.07) is 0. The molecule has 2 N–H and O–H groups in total. The van der Waals surface area contributed by atoms with E-state index in [0.717, 1.165) is 23.5 Å². The molecule has 0 bridgehead atoms. The molecular weight excluding hydrogens is 220 g/mol. The van der Waals surface area contributed by atoms with Gasteiger partial charge in [-0.2, -0.15) is 0 Å². The van der Waals surface area contributed by atoms with Gasteiger partial charge in [-0.25, -0.2) is 4.98 Å². The Morgan fingerprint density at radius 3 is 3.19 bits per heavy atom. The predicted octanol–water partition coefficient (Wildman–Crippen LogP) is 2.65. The summed E-state index contributed by atoms with van der Waals surface area (Å²) >= 11 is 1.68. The summed E-state index contributed by atoms with van der Waals surface area (Å²) in [4.78, 5) is 4.60. The van der Waals surface area contributed by atoms with Gasteiger partial charge in [-0.3, -0.25) is 0 Å². The van der Waals surface area contributed by atoms with Gasteiger partial charge in [0.25, 0.3) is 0 Å². The predicted molar refractivity (Wildman–Crippen MR) is 66.3 cm³/mol. The van der Waals surface area contributed by atoms with Gasteiger partial charge in [0.05, 0.1) is 17.8 Å². The molecule has 1 saturated carbocycles. The molecule has 1 aliphatic rings. The number of methoxy groups -OCH3 is 1. The van der Waals surface area contributed by atoms with Gasteiger partial charge in [-0.1, -0.05) is 19.8 Å². The zero-order valence-electron chi connectivity index (χ0n) is 10.0. The minimum atomic E-state index is -0.186. The molecule has 0 amide bonds. The Labute approximate surface area is 101 Å². The van der Waals surface area contributed by atoms with Gasteiger partial charge in [0.1, 0.15) is 5.01 Å². The first-order valence-electron chi connectivity index (χ1n) is 5.87. The van der Waals surface area contributed by atoms with Crippen LogP contribution in [0.15, 0.2) is 5.38 Å². The molecule has 2 rings (SSSR count). The molecule has 1 fully saturated rings. The smallest absolute Gasteiger partial charge is 0.113 e. The maximum absolute atomic E-state index is 6.49. The number of nitrogens with two attached hydrogens (primary N) is 1. The van der Waals surface area contributed by atoms with Crippen LogP contribution < -0.4 is 5.73 Å². The van der Waals surface area contributed by atoms with Crippen LogP contribution in [0.2, 0.25) is 0 Å². The van der Waals surface area contributed by atoms with Crippen LogP contribution in [0, 0.1) is 5.92 Å². The fourth-order valence-electron chi connectivity index (χ4n) is 2.54. The molecule has 1 aliphatic carbocycles. The Kier molecular flexibility index (Phi) is 3.62. The summed E-state index contributed by atoms with van der Waals surface area (Å²) in [5, 5.41) is 3.15. The third-order valence-electron chi connectivity index (χ3n) is 3.30. The van der Waals surface area contributed by atoms with E-state index in [1.165, 1.54) is 12.8 Å². The summed E-state index contributed by atoms with van der Waals surface area (Å²) in [6.07, 6.45) is 4.65. The lowest BCUT2D eigenvalue weighted by Crippen LogP contribution is -2.40. The summed E-state index contributed by atoms with van der Waals surface area (Å²) in [5.74, 6) is 0.716. The van der Waals surface area contributed by atoms with E-state index in [4.69, 9.17) is 10.5 Å². The van der Waals surface area contributed by atoms with E-state index in [9.17, 15) is 0 Å². The minimum absolute atomic E-state index is 0.186. The second-order valence-corrected chi connectivity index (χ2v) is 5.79. The van der Waals surface area contributed by atoms with Crippen molar-refractivity contribution >= 4 is 11.3 Å². The van der Waals surface area contributed by atoms with Gasteiger partial charge in [0, 0.05) is 12.5 Å². The van der Waals surface area contributed by atoms with E-state index in [0.29, 0.717) is 12.5 Å². The highest BCUT2D eigenvalue weighted by atomic mass is 32.1. The first kappa shape index (κ1) is 12.0. The van der Waals surface area contributed by atoms with Gasteiger partial charge in [0.15, 0.2) is 0 Å². The lowest BCUT2D eigenvalue weighted by Gasteiger charge is -2.35. The van der Waals surface area contributed by atoms with Gasteiger partial charge in [-0.15, -0.1) is 11.3 Å². The molecule has 3 nitrogen and oxygen atoms in total. The number of ether oxygens (including phenoxy) is 1. The van der Waals surface area contributed by atoms with Crippen molar-refractivity contribution in [3.8, 4) is 0 Å². The molecule has 4 heteroatoms. The van der Waals surface area contributed by atoms with E-state index in [1.807, 2.05) is 0 Å². The van der Waals surface area contributed by atoms with Crippen molar-refractivity contribution in [1.29, 1.82) is 0 Å². The van der Waals surface area contributed by atoms with E-state index in [-0.39, 0.29) is 5.54 Å². The average Bonchev–Trinajstić information content (AvgIpc) is 2.67. The molecule has 2 atom stereocenters. The normalized spacial score (nSPS) is 30.6. The van der Waals surface area contributed by atoms with Crippen LogP contribution in [0.1, 0.15) is 43.3 Å². The highest BCUT2D eigenvalue weighted by Crippen LogP contribution is 2.38. The van der Waals surface area contributed by atoms with Crippen LogP contribution >= 0.6 is 11.3 Å². The second kappa shape index (κ2) is 4.82. The highest BCUT2D eigenvalue weighted by molar-refractivity contribution is 7.09. The summed E-state index contributed by atoms with van der Waals surface area (Å²) in [5.41, 5.74) is 7.31. The maximum Gasteiger partial charge on any atom is 0.113 e. The van der Waals surface area contributed by atoms with Gasteiger partial charge in [-0.05, 0) is 18.8 Å². The molecule has 16 heavy (non-hydrogen) atoms. The van der Waals surface area contributed by atoms with Crippen molar-refractivity contribution in [1.82, 2.24) is 4.98 Å². The third kappa shape index (κ3) is 2.44. The molecule has 0 aliphatic heterocycles. The molecule has 0 spiro atoms. The number of hydrogen-bond acceptors (Lipinski definition) is 4. The first-order chi connectivity index (χ1) is 7.64. The zero-order chi connectivity index (χ0) is 11.6. The molecule has 1 aromatic heterocycles. The lowest BCUT2D eigenvalue weighted by atomic mass is 9.77. The van der Waals surface area contributed by atoms with E-state index >= 15 is 0 Å². The Hall–Kier alpha value is -0.450. The third-order valence-corrected chi connectivity index (χ3v) is 4.41. The monoisotopic (exact) mass is 240 g/mol. The summed E-state index contributed by atoms with van der Waals surface area (Å²) < 4.78 is 5.09. The topological polar surface area (TPSA) is 48.1 Å². The minimum Gasteiger partial charge on any atom is -0.378 e. The van der Waals surface area contributed by atoms with Crippen LogP contribution in [0.4, 0.5) is 0 Å². The fraction of sp³-hybridized carbons (Fsp3) is 0.750. The van der Waals surface area contributed by atoms with Crippen molar-refractivity contribution in [2.75, 3.05) is 7.11 Å². The number of thiazole rings is 1. The van der Waals surface area contributed by atoms with Crippen molar-refractivity contribution in [2.45, 2.75) is 44.8 Å². The fourth-order valence-corrected chi connectivity index (χ4v) is 3.49. The van der Waals surface area contributed by atoms with Gasteiger partial charge in [0.2, 0.25) is 0 Å². The molecule has 0 radical (unpaired) electrons. The van der Waals surface area contributed by atoms with E-state index < -0.39 is 0 Å². The lowest BCUT2D eigenvalue weighted by molar-refractivity contribution is 0.181. The summed E-state index contributed by atoms with van der Waals surface area (Å²) in [7, 11) is 1.69. The second-order valence-electron chi connectivity index (χ2n) is 4.93. The number of hydrogen-bond donors (Lipinski definition) is 1. The van der Waals surface area contributed by atoms with Crippen LogP contribution in [0.5, 0.6) is 0 Å². The molecular formula is C12H20N2OS. The summed E-state index contributed by atoms with van der Waals surface area (Å²) in [6.45, 7) is 2.87. The molecule has 90 valence electrons. The molecule has 1 aromatic rings. The van der Waals surface area contributed by atoms with E-state index in [1.54, 1.807) is 18.4 Å². The van der Waals surface area contributed by atoms with Gasteiger partial charge < -0.3 is 10.5 Å². The van der Waals surface area contributed by atoms with E-state index in [2.05, 4.69) is 17.3 Å². The first-order valence-corrected chi connectivity index (χ1v) is 6.75. The number of nitrogens with zero attached hydrogens (tertiary/aromatic N) is 1. The zero-order valence-corrected chi connectivity index (χ0v) is 10.8. The largest absolute Gasteiger partial charge is 0.378 e. The Balaban J connectivity index is 2.14. The Morgan fingerprint density at radius 1 is 1.69 bits per heavy atom. The van der Waals surface area contributed by atoms with Gasteiger partial charge >= 0.3 is 0 Å². The standard InChI is InChI=1S/C12H20N2OS/c1-9-4-3-5-12(13,6-9)11-14-10(7-15-2)8-16-11/h8-9H,3-7,13H2,1-2H3. The van der Waals surface area contributed by atoms with Crippen LogP contribution in [-0.2, 0) is 16.9 Å². The van der Waals surface area contributed by atoms with Crippen molar-refractivity contribution in [3.05, 3.63) is 16.1 Å². The van der Waals surface area contributed by atoms with Crippen LogP contribution in [0.3, 0.4) is 0 Å². The van der Waals surface area contributed by atoms with Crippen molar-refractivity contribution in [2.24, 2.45) is 11.7 Å². The number of aromatic nitrogens is 1. The Morgan fingerprint density at radius 2 is 2.50 bits per heavy atom. The number of rotatable bonds is 3. The quantitative estimate of drug-likeness (QED) is 0.883. The van der Waals surface area contributed by atoms with Crippen LogP contribution in [0.25, 0.3) is 0 Å². The van der Waals surface area contributed by atoms with Crippen molar-refractivity contribution < 1.29 is 4.74 Å². The highest BCUT2D eigenvalue weighted by Gasteiger charge is 2.35. The maximum atomic E-state index is 6.49. The van der Waals surface area contributed by atoms with Crippen LogP contribution in [-0.4, -0.2) is 12.1 Å². The molecule has 0 saturated heterocycles.